The zero-order chi connectivity index (χ0) is 20.3. The van der Waals surface area contributed by atoms with E-state index in [1.54, 1.807) is 35.2 Å². The van der Waals surface area contributed by atoms with Gasteiger partial charge in [0.2, 0.25) is 0 Å². The van der Waals surface area contributed by atoms with Crippen molar-refractivity contribution in [1.82, 2.24) is 14.7 Å². The first-order valence-electron chi connectivity index (χ1n) is 9.28. The number of carboxylic acid groups (broad SMARTS) is 1. The number of hydrogen-bond donors (Lipinski definition) is 1. The van der Waals surface area contributed by atoms with E-state index < -0.39 is 12.0 Å². The second kappa shape index (κ2) is 8.33. The van der Waals surface area contributed by atoms with Crippen LogP contribution in [0.25, 0.3) is 0 Å². The summed E-state index contributed by atoms with van der Waals surface area (Å²) in [6.45, 7) is 3.19. The van der Waals surface area contributed by atoms with Gasteiger partial charge in [-0.2, -0.15) is 5.10 Å². The van der Waals surface area contributed by atoms with Crippen molar-refractivity contribution < 1.29 is 24.2 Å². The molecule has 1 amide bonds. The predicted octanol–water partition coefficient (Wildman–Crippen LogP) is 2.52. The zero-order valence-corrected chi connectivity index (χ0v) is 16.3. The minimum Gasteiger partial charge on any atom is -0.493 e. The van der Waals surface area contributed by atoms with Gasteiger partial charge in [-0.05, 0) is 36.1 Å². The number of aryl methyl sites for hydroxylation is 1. The topological polar surface area (TPSA) is 93.9 Å². The van der Waals surface area contributed by atoms with E-state index in [0.29, 0.717) is 30.0 Å². The summed E-state index contributed by atoms with van der Waals surface area (Å²) in [5.41, 5.74) is 2.21. The van der Waals surface area contributed by atoms with Gasteiger partial charge in [-0.15, -0.1) is 0 Å². The fourth-order valence-corrected chi connectivity index (χ4v) is 3.65. The second-order valence-electron chi connectivity index (χ2n) is 6.76. The molecule has 0 saturated carbocycles. The van der Waals surface area contributed by atoms with Crippen LogP contribution in [0.1, 0.15) is 47.3 Å². The van der Waals surface area contributed by atoms with E-state index in [4.69, 9.17) is 9.47 Å². The van der Waals surface area contributed by atoms with Crippen LogP contribution in [0.2, 0.25) is 0 Å². The van der Waals surface area contributed by atoms with Gasteiger partial charge < -0.3 is 19.5 Å². The summed E-state index contributed by atoms with van der Waals surface area (Å²) in [6, 6.07) is 3.06. The highest BCUT2D eigenvalue weighted by atomic mass is 16.5. The highest BCUT2D eigenvalue weighted by molar-refractivity contribution is 5.94. The molecule has 0 spiro atoms. The SMILES string of the molecule is CCCn1cc(C(=O)N2CCc3cc(OC)c(OC)cc3C2CC(=O)O)cn1. The first-order valence-corrected chi connectivity index (χ1v) is 9.28. The van der Waals surface area contributed by atoms with E-state index in [1.165, 1.54) is 7.11 Å². The minimum absolute atomic E-state index is 0.183. The summed E-state index contributed by atoms with van der Waals surface area (Å²) in [4.78, 5) is 26.3. The second-order valence-corrected chi connectivity index (χ2v) is 6.76. The molecule has 1 aliphatic rings. The minimum atomic E-state index is -0.966. The van der Waals surface area contributed by atoms with E-state index in [1.807, 2.05) is 13.0 Å². The first kappa shape index (κ1) is 19.7. The third-order valence-electron chi connectivity index (χ3n) is 4.96. The molecule has 0 radical (unpaired) electrons. The summed E-state index contributed by atoms with van der Waals surface area (Å²) in [5, 5.41) is 13.7. The Balaban J connectivity index is 1.98. The normalized spacial score (nSPS) is 15.8. The largest absolute Gasteiger partial charge is 0.493 e. The van der Waals surface area contributed by atoms with Gasteiger partial charge in [0, 0.05) is 19.3 Å². The Morgan fingerprint density at radius 2 is 1.96 bits per heavy atom. The molecule has 0 saturated heterocycles. The van der Waals surface area contributed by atoms with E-state index in [9.17, 15) is 14.7 Å². The Kier molecular flexibility index (Phi) is 5.87. The van der Waals surface area contributed by atoms with Crippen molar-refractivity contribution in [2.24, 2.45) is 0 Å². The molecule has 0 bridgehead atoms. The zero-order valence-electron chi connectivity index (χ0n) is 16.3. The highest BCUT2D eigenvalue weighted by Gasteiger charge is 2.34. The molecule has 1 unspecified atom stereocenters. The lowest BCUT2D eigenvalue weighted by Gasteiger charge is -2.37. The molecule has 0 aliphatic carbocycles. The number of carboxylic acids is 1. The predicted molar refractivity (Wildman–Crippen MR) is 102 cm³/mol. The molecular weight excluding hydrogens is 362 g/mol. The Hall–Kier alpha value is -3.03. The van der Waals surface area contributed by atoms with Gasteiger partial charge >= 0.3 is 5.97 Å². The van der Waals surface area contributed by atoms with E-state index >= 15 is 0 Å². The molecule has 1 N–H and O–H groups in total. The van der Waals surface area contributed by atoms with Crippen molar-refractivity contribution >= 4 is 11.9 Å². The van der Waals surface area contributed by atoms with Gasteiger partial charge in [0.05, 0.1) is 38.4 Å². The third-order valence-corrected chi connectivity index (χ3v) is 4.96. The molecule has 3 rings (SSSR count). The van der Waals surface area contributed by atoms with Crippen LogP contribution in [0.5, 0.6) is 11.5 Å². The van der Waals surface area contributed by atoms with Crippen LogP contribution in [0.3, 0.4) is 0 Å². The number of ether oxygens (including phenoxy) is 2. The standard InChI is InChI=1S/C20H25N3O5/c1-4-6-22-12-14(11-21-22)20(26)23-7-5-13-8-17(27-2)18(28-3)9-15(13)16(23)10-19(24)25/h8-9,11-12,16H,4-7,10H2,1-3H3,(H,24,25). The molecule has 1 aromatic carbocycles. The summed E-state index contributed by atoms with van der Waals surface area (Å²) in [7, 11) is 3.09. The first-order chi connectivity index (χ1) is 13.5. The molecule has 8 heteroatoms. The molecule has 2 aromatic rings. The monoisotopic (exact) mass is 387 g/mol. The molecule has 0 fully saturated rings. The highest BCUT2D eigenvalue weighted by Crippen LogP contribution is 2.40. The van der Waals surface area contributed by atoms with Crippen LogP contribution < -0.4 is 9.47 Å². The molecular formula is C20H25N3O5. The van der Waals surface area contributed by atoms with Crippen molar-refractivity contribution in [3.8, 4) is 11.5 Å². The quantitative estimate of drug-likeness (QED) is 0.785. The number of benzene rings is 1. The maximum Gasteiger partial charge on any atom is 0.305 e. The van der Waals surface area contributed by atoms with Crippen molar-refractivity contribution in [3.05, 3.63) is 41.2 Å². The molecule has 1 aliphatic heterocycles. The number of fused-ring (bicyclic) bond motifs is 1. The fraction of sp³-hybridized carbons (Fsp3) is 0.450. The summed E-state index contributed by atoms with van der Waals surface area (Å²) in [5.74, 6) is -0.0706. The molecule has 150 valence electrons. The lowest BCUT2D eigenvalue weighted by atomic mass is 9.89. The lowest BCUT2D eigenvalue weighted by molar-refractivity contribution is -0.138. The number of carbonyl (C=O) groups is 2. The van der Waals surface area contributed by atoms with Crippen LogP contribution in [-0.2, 0) is 17.8 Å². The molecule has 1 atom stereocenters. The van der Waals surface area contributed by atoms with E-state index in [2.05, 4.69) is 5.10 Å². The number of aliphatic carboxylic acids is 1. The van der Waals surface area contributed by atoms with E-state index in [0.717, 1.165) is 24.1 Å². The van der Waals surface area contributed by atoms with Gasteiger partial charge in [0.15, 0.2) is 11.5 Å². The summed E-state index contributed by atoms with van der Waals surface area (Å²) in [6.07, 6.45) is 4.60. The Labute approximate surface area is 163 Å². The Morgan fingerprint density at radius 1 is 1.25 bits per heavy atom. The number of methoxy groups -OCH3 is 2. The van der Waals surface area contributed by atoms with Crippen molar-refractivity contribution in [3.63, 3.8) is 0 Å². The molecule has 2 heterocycles. The van der Waals surface area contributed by atoms with Crippen LogP contribution >= 0.6 is 0 Å². The Morgan fingerprint density at radius 3 is 2.61 bits per heavy atom. The lowest BCUT2D eigenvalue weighted by Crippen LogP contribution is -2.41. The van der Waals surface area contributed by atoms with Gasteiger partial charge in [-0.3, -0.25) is 14.3 Å². The molecule has 28 heavy (non-hydrogen) atoms. The van der Waals surface area contributed by atoms with Crippen LogP contribution in [0, 0.1) is 0 Å². The summed E-state index contributed by atoms with van der Waals surface area (Å²) < 4.78 is 12.5. The van der Waals surface area contributed by atoms with Crippen LogP contribution in [-0.4, -0.2) is 52.4 Å². The number of carbonyl (C=O) groups excluding carboxylic acids is 1. The van der Waals surface area contributed by atoms with Gasteiger partial charge in [0.1, 0.15) is 0 Å². The van der Waals surface area contributed by atoms with E-state index in [-0.39, 0.29) is 12.3 Å². The number of hydrogen-bond acceptors (Lipinski definition) is 5. The van der Waals surface area contributed by atoms with Crippen molar-refractivity contribution in [2.75, 3.05) is 20.8 Å². The Bertz CT molecular complexity index is 877. The number of nitrogens with zero attached hydrogens (tertiary/aromatic N) is 3. The average Bonchev–Trinajstić information content (AvgIpc) is 3.15. The molecule has 8 nitrogen and oxygen atoms in total. The third kappa shape index (κ3) is 3.81. The summed E-state index contributed by atoms with van der Waals surface area (Å²) >= 11 is 0. The molecule has 1 aromatic heterocycles. The van der Waals surface area contributed by atoms with Crippen LogP contribution in [0.4, 0.5) is 0 Å². The maximum absolute atomic E-state index is 13.1. The number of aromatic nitrogens is 2. The van der Waals surface area contributed by atoms with Crippen molar-refractivity contribution in [1.29, 1.82) is 0 Å². The van der Waals surface area contributed by atoms with Crippen molar-refractivity contribution in [2.45, 2.75) is 38.8 Å². The van der Waals surface area contributed by atoms with Gasteiger partial charge in [-0.1, -0.05) is 6.92 Å². The maximum atomic E-state index is 13.1. The smallest absolute Gasteiger partial charge is 0.305 e. The fourth-order valence-electron chi connectivity index (χ4n) is 3.65. The van der Waals surface area contributed by atoms with Gasteiger partial charge in [0.25, 0.3) is 5.91 Å². The number of rotatable bonds is 7. The average molecular weight is 387 g/mol. The van der Waals surface area contributed by atoms with Crippen LogP contribution in [0.15, 0.2) is 24.5 Å². The number of amides is 1. The van der Waals surface area contributed by atoms with Gasteiger partial charge in [-0.25, -0.2) is 0 Å².